The zero-order valence-electron chi connectivity index (χ0n) is 16.6. The monoisotopic (exact) mass is 418 g/mol. The number of urea groups is 1. The number of amides is 3. The van der Waals surface area contributed by atoms with Crippen LogP contribution in [0.5, 0.6) is 0 Å². The van der Waals surface area contributed by atoms with Crippen LogP contribution in [-0.4, -0.2) is 41.0 Å². The minimum Gasteiger partial charge on any atom is -0.340 e. The molecule has 2 aromatic rings. The molecule has 29 heavy (non-hydrogen) atoms. The summed E-state index contributed by atoms with van der Waals surface area (Å²) in [6.07, 6.45) is 5.14. The summed E-state index contributed by atoms with van der Waals surface area (Å²) in [5.74, 6) is -0.0864. The number of piperidine rings is 1. The summed E-state index contributed by atoms with van der Waals surface area (Å²) in [5.41, 5.74) is 0.794. The van der Waals surface area contributed by atoms with E-state index in [1.165, 1.54) is 12.1 Å². The van der Waals surface area contributed by atoms with Crippen molar-refractivity contribution in [3.05, 3.63) is 52.2 Å². The molecule has 0 spiro atoms. The molecule has 1 aromatic heterocycles. The SMILES string of the molecule is CCCC(NC(=O)NCc1ccc(F)cc1)C(=O)N1CCCC(c2nccs2)C1. The maximum Gasteiger partial charge on any atom is 0.315 e. The van der Waals surface area contributed by atoms with Crippen molar-refractivity contribution in [2.24, 2.45) is 0 Å². The molecule has 1 aliphatic heterocycles. The van der Waals surface area contributed by atoms with Gasteiger partial charge >= 0.3 is 6.03 Å². The Balaban J connectivity index is 1.55. The van der Waals surface area contributed by atoms with Crippen molar-refractivity contribution < 1.29 is 14.0 Å². The third kappa shape index (κ3) is 6.00. The van der Waals surface area contributed by atoms with Gasteiger partial charge in [0.2, 0.25) is 5.91 Å². The number of aromatic nitrogens is 1. The normalized spacial score (nSPS) is 17.6. The van der Waals surface area contributed by atoms with Crippen molar-refractivity contribution in [2.45, 2.75) is 51.1 Å². The number of nitrogens with zero attached hydrogens (tertiary/aromatic N) is 2. The molecule has 2 unspecified atom stereocenters. The number of halogens is 1. The average Bonchev–Trinajstić information content (AvgIpc) is 3.28. The smallest absolute Gasteiger partial charge is 0.315 e. The third-order valence-corrected chi connectivity index (χ3v) is 6.02. The van der Waals surface area contributed by atoms with Crippen LogP contribution < -0.4 is 10.6 Å². The Hall–Kier alpha value is -2.48. The second-order valence-corrected chi connectivity index (χ2v) is 8.21. The van der Waals surface area contributed by atoms with Crippen LogP contribution >= 0.6 is 11.3 Å². The summed E-state index contributed by atoms with van der Waals surface area (Å²) in [6.45, 7) is 3.62. The highest BCUT2D eigenvalue weighted by Crippen LogP contribution is 2.28. The number of rotatable bonds is 7. The van der Waals surface area contributed by atoms with Gasteiger partial charge in [0, 0.05) is 37.1 Å². The molecule has 1 aromatic carbocycles. The lowest BCUT2D eigenvalue weighted by Crippen LogP contribution is -2.52. The molecule has 1 fully saturated rings. The Morgan fingerprint density at radius 2 is 2.14 bits per heavy atom. The van der Waals surface area contributed by atoms with Gasteiger partial charge in [0.1, 0.15) is 11.9 Å². The number of carbonyl (C=O) groups is 2. The van der Waals surface area contributed by atoms with E-state index >= 15 is 0 Å². The van der Waals surface area contributed by atoms with Gasteiger partial charge in [-0.15, -0.1) is 11.3 Å². The summed E-state index contributed by atoms with van der Waals surface area (Å²) in [6, 6.07) is 5.01. The molecule has 1 aliphatic rings. The van der Waals surface area contributed by atoms with Crippen LogP contribution in [0.1, 0.15) is 49.1 Å². The van der Waals surface area contributed by atoms with Crippen LogP contribution in [0, 0.1) is 5.82 Å². The van der Waals surface area contributed by atoms with Gasteiger partial charge in [-0.05, 0) is 37.0 Å². The van der Waals surface area contributed by atoms with Gasteiger partial charge in [-0.3, -0.25) is 4.79 Å². The van der Waals surface area contributed by atoms with Crippen molar-refractivity contribution in [2.75, 3.05) is 13.1 Å². The maximum atomic E-state index is 13.1. The Kier molecular flexibility index (Phi) is 7.57. The zero-order chi connectivity index (χ0) is 20.6. The van der Waals surface area contributed by atoms with E-state index in [4.69, 9.17) is 0 Å². The molecule has 0 radical (unpaired) electrons. The molecular formula is C21H27FN4O2S. The molecule has 0 bridgehead atoms. The predicted octanol–water partition coefficient (Wildman–Crippen LogP) is 3.66. The van der Waals surface area contributed by atoms with Crippen LogP contribution in [0.2, 0.25) is 0 Å². The summed E-state index contributed by atoms with van der Waals surface area (Å²) in [5, 5.41) is 8.59. The number of hydrogen-bond acceptors (Lipinski definition) is 4. The van der Waals surface area contributed by atoms with E-state index in [2.05, 4.69) is 15.6 Å². The first-order valence-electron chi connectivity index (χ1n) is 10.0. The Morgan fingerprint density at radius 3 is 2.83 bits per heavy atom. The van der Waals surface area contributed by atoms with Crippen molar-refractivity contribution >= 4 is 23.3 Å². The van der Waals surface area contributed by atoms with Crippen molar-refractivity contribution in [3.63, 3.8) is 0 Å². The molecule has 2 N–H and O–H groups in total. The van der Waals surface area contributed by atoms with E-state index in [1.54, 1.807) is 29.7 Å². The number of nitrogens with one attached hydrogen (secondary N) is 2. The lowest BCUT2D eigenvalue weighted by Gasteiger charge is -2.34. The predicted molar refractivity (Wildman–Crippen MR) is 111 cm³/mol. The van der Waals surface area contributed by atoms with Crippen molar-refractivity contribution in [3.8, 4) is 0 Å². The lowest BCUT2D eigenvalue weighted by atomic mass is 9.97. The molecule has 156 valence electrons. The topological polar surface area (TPSA) is 74.3 Å². The fourth-order valence-electron chi connectivity index (χ4n) is 3.58. The van der Waals surface area contributed by atoms with Gasteiger partial charge in [0.25, 0.3) is 0 Å². The van der Waals surface area contributed by atoms with Gasteiger partial charge in [-0.2, -0.15) is 0 Å². The summed E-state index contributed by atoms with van der Waals surface area (Å²) in [7, 11) is 0. The lowest BCUT2D eigenvalue weighted by molar-refractivity contribution is -0.134. The van der Waals surface area contributed by atoms with E-state index in [1.807, 2.05) is 17.2 Å². The number of benzene rings is 1. The van der Waals surface area contributed by atoms with Gasteiger partial charge in [0.15, 0.2) is 0 Å². The van der Waals surface area contributed by atoms with E-state index in [9.17, 15) is 14.0 Å². The van der Waals surface area contributed by atoms with Gasteiger partial charge in [-0.1, -0.05) is 25.5 Å². The first-order chi connectivity index (χ1) is 14.1. The molecule has 3 amide bonds. The van der Waals surface area contributed by atoms with Crippen molar-refractivity contribution in [1.82, 2.24) is 20.5 Å². The van der Waals surface area contributed by atoms with E-state index in [0.717, 1.165) is 29.8 Å². The van der Waals surface area contributed by atoms with E-state index in [0.29, 0.717) is 19.5 Å². The highest BCUT2D eigenvalue weighted by molar-refractivity contribution is 7.09. The molecule has 8 heteroatoms. The number of thiazole rings is 1. The van der Waals surface area contributed by atoms with Crippen LogP contribution in [0.15, 0.2) is 35.8 Å². The fourth-order valence-corrected chi connectivity index (χ4v) is 4.34. The minimum atomic E-state index is -0.553. The highest BCUT2D eigenvalue weighted by Gasteiger charge is 2.30. The molecule has 1 saturated heterocycles. The van der Waals surface area contributed by atoms with Gasteiger partial charge in [-0.25, -0.2) is 14.2 Å². The Labute approximate surface area is 174 Å². The number of hydrogen-bond donors (Lipinski definition) is 2. The second-order valence-electron chi connectivity index (χ2n) is 7.29. The van der Waals surface area contributed by atoms with Crippen molar-refractivity contribution in [1.29, 1.82) is 0 Å². The summed E-state index contributed by atoms with van der Waals surface area (Å²) in [4.78, 5) is 31.7. The molecule has 3 rings (SSSR count). The highest BCUT2D eigenvalue weighted by atomic mass is 32.1. The van der Waals surface area contributed by atoms with Crippen LogP contribution in [0.3, 0.4) is 0 Å². The first kappa shape index (κ1) is 21.2. The van der Waals surface area contributed by atoms with Gasteiger partial charge < -0.3 is 15.5 Å². The zero-order valence-corrected chi connectivity index (χ0v) is 17.4. The van der Waals surface area contributed by atoms with Crippen LogP contribution in [0.25, 0.3) is 0 Å². The summed E-state index contributed by atoms with van der Waals surface area (Å²) < 4.78 is 13.0. The van der Waals surface area contributed by atoms with Gasteiger partial charge in [0.05, 0.1) is 5.01 Å². The minimum absolute atomic E-state index is 0.0370. The second kappa shape index (κ2) is 10.3. The molecular weight excluding hydrogens is 391 g/mol. The van der Waals surface area contributed by atoms with Crippen LogP contribution in [-0.2, 0) is 11.3 Å². The number of carbonyl (C=O) groups excluding carboxylic acids is 2. The Bertz CT molecular complexity index is 798. The molecule has 0 aliphatic carbocycles. The largest absolute Gasteiger partial charge is 0.340 e. The molecule has 0 saturated carbocycles. The van der Waals surface area contributed by atoms with E-state index in [-0.39, 0.29) is 24.2 Å². The maximum absolute atomic E-state index is 13.1. The summed E-state index contributed by atoms with van der Waals surface area (Å²) >= 11 is 1.63. The fraction of sp³-hybridized carbons (Fsp3) is 0.476. The van der Waals surface area contributed by atoms with Crippen LogP contribution in [0.4, 0.5) is 9.18 Å². The molecule has 6 nitrogen and oxygen atoms in total. The molecule has 2 heterocycles. The van der Waals surface area contributed by atoms with E-state index < -0.39 is 12.1 Å². The number of likely N-dealkylation sites (tertiary alicyclic amines) is 1. The average molecular weight is 419 g/mol. The standard InChI is InChI=1S/C21H27FN4O2S/c1-2-4-18(25-21(28)24-13-15-6-8-17(22)9-7-15)20(27)26-11-3-5-16(14-26)19-23-10-12-29-19/h6-10,12,16,18H,2-5,11,13-14H2,1H3,(H2,24,25,28). The third-order valence-electron chi connectivity index (χ3n) is 5.08. The first-order valence-corrected chi connectivity index (χ1v) is 10.9. The quantitative estimate of drug-likeness (QED) is 0.721. The Morgan fingerprint density at radius 1 is 1.34 bits per heavy atom. The molecule has 2 atom stereocenters.